The van der Waals surface area contributed by atoms with E-state index in [1.165, 1.54) is 10.6 Å². The summed E-state index contributed by atoms with van der Waals surface area (Å²) in [4.78, 5) is 2.87. The molecule has 0 spiro atoms. The van der Waals surface area contributed by atoms with Gasteiger partial charge in [0.25, 0.3) is 0 Å². The lowest BCUT2D eigenvalue weighted by molar-refractivity contribution is 0.269. The van der Waals surface area contributed by atoms with Crippen molar-refractivity contribution in [3.63, 3.8) is 0 Å². The molecular formula is C7H14N2O2S2. The fraction of sp³-hybridized carbons (Fsp3) is 0.857. The van der Waals surface area contributed by atoms with Crippen molar-refractivity contribution < 1.29 is 8.42 Å². The molecule has 1 fully saturated rings. The predicted molar refractivity (Wildman–Crippen MR) is 56.3 cm³/mol. The monoisotopic (exact) mass is 222 g/mol. The molecule has 0 aromatic heterocycles. The molecule has 0 aromatic rings. The Kier molecular flexibility index (Phi) is 3.26. The van der Waals surface area contributed by atoms with Crippen LogP contribution in [0, 0.1) is 0 Å². The Balaban J connectivity index is 2.53. The van der Waals surface area contributed by atoms with Gasteiger partial charge in [-0.05, 0) is 6.92 Å². The highest BCUT2D eigenvalue weighted by Crippen LogP contribution is 2.06. The first kappa shape index (κ1) is 10.9. The molecule has 0 bridgehead atoms. The Morgan fingerprint density at radius 1 is 1.23 bits per heavy atom. The third-order valence-electron chi connectivity index (χ3n) is 2.15. The molecule has 1 rings (SSSR count). The average Bonchev–Trinajstić information content (AvgIpc) is 2.03. The van der Waals surface area contributed by atoms with Crippen LogP contribution < -0.4 is 0 Å². The smallest absolute Gasteiger partial charge is 0.211 e. The van der Waals surface area contributed by atoms with Crippen LogP contribution in [0.2, 0.25) is 0 Å². The lowest BCUT2D eigenvalue weighted by atomic mass is 10.4. The van der Waals surface area contributed by atoms with E-state index in [0.29, 0.717) is 26.2 Å². The Morgan fingerprint density at radius 2 is 1.69 bits per heavy atom. The highest BCUT2D eigenvalue weighted by Gasteiger charge is 2.22. The summed E-state index contributed by atoms with van der Waals surface area (Å²) in [5.74, 6) is 0. The molecule has 1 aliphatic heterocycles. The highest BCUT2D eigenvalue weighted by molar-refractivity contribution is 7.88. The molecule has 13 heavy (non-hydrogen) atoms. The highest BCUT2D eigenvalue weighted by atomic mass is 32.2. The molecule has 76 valence electrons. The molecule has 0 unspecified atom stereocenters. The quantitative estimate of drug-likeness (QED) is 0.582. The fourth-order valence-electron chi connectivity index (χ4n) is 1.33. The molecule has 0 N–H and O–H groups in total. The first-order valence-corrected chi connectivity index (χ1v) is 6.37. The van der Waals surface area contributed by atoms with E-state index in [0.717, 1.165) is 4.99 Å². The largest absolute Gasteiger partial charge is 0.364 e. The van der Waals surface area contributed by atoms with Crippen LogP contribution in [0.15, 0.2) is 0 Å². The van der Waals surface area contributed by atoms with E-state index in [-0.39, 0.29) is 0 Å². The Morgan fingerprint density at radius 3 is 2.00 bits per heavy atom. The predicted octanol–water partition coefficient (Wildman–Crippen LogP) is -0.0891. The number of thiocarbonyl (C=S) groups is 1. The van der Waals surface area contributed by atoms with Crippen molar-refractivity contribution in [2.45, 2.75) is 6.92 Å². The number of rotatable bonds is 1. The lowest BCUT2D eigenvalue weighted by Gasteiger charge is -2.33. The summed E-state index contributed by atoms with van der Waals surface area (Å²) in [5, 5.41) is 0. The molecule has 0 amide bonds. The van der Waals surface area contributed by atoms with Gasteiger partial charge < -0.3 is 4.90 Å². The van der Waals surface area contributed by atoms with Crippen molar-refractivity contribution in [2.24, 2.45) is 0 Å². The van der Waals surface area contributed by atoms with Crippen LogP contribution in [-0.4, -0.2) is 55.0 Å². The molecule has 1 saturated heterocycles. The van der Waals surface area contributed by atoms with E-state index in [2.05, 4.69) is 0 Å². The topological polar surface area (TPSA) is 40.6 Å². The molecule has 1 heterocycles. The summed E-state index contributed by atoms with van der Waals surface area (Å²) in [6.07, 6.45) is 1.24. The molecule has 6 heteroatoms. The van der Waals surface area contributed by atoms with Crippen LogP contribution in [0.25, 0.3) is 0 Å². The normalized spacial score (nSPS) is 20.3. The van der Waals surface area contributed by atoms with Crippen LogP contribution in [0.3, 0.4) is 0 Å². The third kappa shape index (κ3) is 2.89. The third-order valence-corrected chi connectivity index (χ3v) is 3.71. The summed E-state index contributed by atoms with van der Waals surface area (Å²) in [6.45, 7) is 4.38. The first-order valence-electron chi connectivity index (χ1n) is 4.12. The summed E-state index contributed by atoms with van der Waals surface area (Å²) in [5.41, 5.74) is 0. The van der Waals surface area contributed by atoms with Crippen LogP contribution >= 0.6 is 12.2 Å². The second-order valence-corrected chi connectivity index (χ2v) is 5.74. The van der Waals surface area contributed by atoms with Gasteiger partial charge >= 0.3 is 0 Å². The molecule has 0 radical (unpaired) electrons. The molecular weight excluding hydrogens is 208 g/mol. The van der Waals surface area contributed by atoms with Gasteiger partial charge in [0.05, 0.1) is 11.2 Å². The van der Waals surface area contributed by atoms with Gasteiger partial charge in [-0.25, -0.2) is 8.42 Å². The van der Waals surface area contributed by atoms with Crippen molar-refractivity contribution in [3.05, 3.63) is 0 Å². The van der Waals surface area contributed by atoms with Crippen LogP contribution in [0.4, 0.5) is 0 Å². The molecule has 4 nitrogen and oxygen atoms in total. The minimum atomic E-state index is -3.01. The van der Waals surface area contributed by atoms with Crippen molar-refractivity contribution in [1.29, 1.82) is 0 Å². The molecule has 0 aliphatic carbocycles. The zero-order valence-corrected chi connectivity index (χ0v) is 9.49. The number of hydrogen-bond donors (Lipinski definition) is 0. The lowest BCUT2D eigenvalue weighted by Crippen LogP contribution is -2.49. The van der Waals surface area contributed by atoms with Crippen molar-refractivity contribution in [2.75, 3.05) is 32.4 Å². The molecule has 0 saturated carbocycles. The minimum absolute atomic E-state index is 0.548. The molecule has 0 aromatic carbocycles. The van der Waals surface area contributed by atoms with E-state index in [1.54, 1.807) is 0 Å². The summed E-state index contributed by atoms with van der Waals surface area (Å²) in [6, 6.07) is 0. The Bertz CT molecular complexity index is 292. The van der Waals surface area contributed by atoms with Crippen LogP contribution in [-0.2, 0) is 10.0 Å². The second kappa shape index (κ2) is 3.89. The van der Waals surface area contributed by atoms with Crippen molar-refractivity contribution in [3.8, 4) is 0 Å². The standard InChI is InChI=1S/C7H14N2O2S2/c1-7(12)8-3-5-9(6-4-8)13(2,10)11/h3-6H2,1-2H3. The summed E-state index contributed by atoms with van der Waals surface area (Å²) in [7, 11) is -3.01. The van der Waals surface area contributed by atoms with Gasteiger partial charge in [0, 0.05) is 26.2 Å². The van der Waals surface area contributed by atoms with Gasteiger partial charge in [-0.1, -0.05) is 12.2 Å². The number of nitrogens with zero attached hydrogens (tertiary/aromatic N) is 2. The van der Waals surface area contributed by atoms with Gasteiger partial charge in [0.2, 0.25) is 10.0 Å². The SMILES string of the molecule is CC(=S)N1CCN(S(C)(=O)=O)CC1. The Hall–Kier alpha value is -0.200. The number of hydrogen-bond acceptors (Lipinski definition) is 3. The van der Waals surface area contributed by atoms with Crippen LogP contribution in [0.5, 0.6) is 0 Å². The van der Waals surface area contributed by atoms with Crippen molar-refractivity contribution in [1.82, 2.24) is 9.21 Å². The van der Waals surface area contributed by atoms with Gasteiger partial charge in [-0.15, -0.1) is 0 Å². The number of sulfonamides is 1. The zero-order chi connectivity index (χ0) is 10.1. The van der Waals surface area contributed by atoms with E-state index in [9.17, 15) is 8.42 Å². The van der Waals surface area contributed by atoms with Gasteiger partial charge in [0.1, 0.15) is 0 Å². The average molecular weight is 222 g/mol. The molecule has 1 aliphatic rings. The van der Waals surface area contributed by atoms with E-state index in [1.807, 2.05) is 11.8 Å². The second-order valence-electron chi connectivity index (χ2n) is 3.17. The maximum absolute atomic E-state index is 11.1. The van der Waals surface area contributed by atoms with Crippen molar-refractivity contribution >= 4 is 27.2 Å². The van der Waals surface area contributed by atoms with E-state index >= 15 is 0 Å². The summed E-state index contributed by atoms with van der Waals surface area (Å²) < 4.78 is 23.8. The van der Waals surface area contributed by atoms with Crippen LogP contribution in [0.1, 0.15) is 6.92 Å². The zero-order valence-electron chi connectivity index (χ0n) is 7.86. The maximum atomic E-state index is 11.1. The van der Waals surface area contributed by atoms with Gasteiger partial charge in [0.15, 0.2) is 0 Å². The van der Waals surface area contributed by atoms with E-state index in [4.69, 9.17) is 12.2 Å². The first-order chi connectivity index (χ1) is 5.91. The Labute approximate surface area is 84.6 Å². The fourth-order valence-corrected chi connectivity index (χ4v) is 2.34. The molecule has 0 atom stereocenters. The maximum Gasteiger partial charge on any atom is 0.211 e. The van der Waals surface area contributed by atoms with E-state index < -0.39 is 10.0 Å². The van der Waals surface area contributed by atoms with Gasteiger partial charge in [-0.3, -0.25) is 0 Å². The van der Waals surface area contributed by atoms with Gasteiger partial charge in [-0.2, -0.15) is 4.31 Å². The number of piperazine rings is 1. The minimum Gasteiger partial charge on any atom is -0.364 e. The summed E-state index contributed by atoms with van der Waals surface area (Å²) >= 11 is 5.01.